The van der Waals surface area contributed by atoms with Gasteiger partial charge >= 0.3 is 0 Å². The van der Waals surface area contributed by atoms with Gasteiger partial charge in [0.05, 0.1) is 6.54 Å². The van der Waals surface area contributed by atoms with E-state index in [0.717, 1.165) is 0 Å². The van der Waals surface area contributed by atoms with Crippen molar-refractivity contribution in [2.24, 2.45) is 0 Å². The summed E-state index contributed by atoms with van der Waals surface area (Å²) in [5.41, 5.74) is 0.403. The summed E-state index contributed by atoms with van der Waals surface area (Å²) in [4.78, 5) is 35.5. The van der Waals surface area contributed by atoms with Crippen LogP contribution >= 0.6 is 0 Å². The van der Waals surface area contributed by atoms with Gasteiger partial charge in [0.1, 0.15) is 17.5 Å². The Morgan fingerprint density at radius 1 is 0.926 bits per heavy atom. The highest BCUT2D eigenvalue weighted by molar-refractivity contribution is 5.97. The molecule has 2 aromatic rings. The van der Waals surface area contributed by atoms with E-state index in [0.29, 0.717) is 23.6 Å². The Morgan fingerprint density at radius 2 is 1.56 bits per heavy atom. The molecule has 3 N–H and O–H groups in total. The molecule has 0 saturated carbocycles. The van der Waals surface area contributed by atoms with E-state index in [1.165, 1.54) is 0 Å². The lowest BCUT2D eigenvalue weighted by Gasteiger charge is -2.13. The topological polar surface area (TPSA) is 96.5 Å². The molecule has 0 spiro atoms. The molecule has 7 nitrogen and oxygen atoms in total. The summed E-state index contributed by atoms with van der Waals surface area (Å²) in [5, 5.41) is 7.65. The number of hydrogen-bond donors (Lipinski definition) is 3. The number of para-hydroxylation sites is 1. The number of nitrogens with one attached hydrogen (secondary N) is 3. The lowest BCUT2D eigenvalue weighted by Crippen LogP contribution is -2.47. The number of ether oxygens (including phenoxy) is 1. The fourth-order valence-electron chi connectivity index (χ4n) is 2.25. The fourth-order valence-corrected chi connectivity index (χ4v) is 2.25. The van der Waals surface area contributed by atoms with Crippen molar-refractivity contribution in [3.8, 4) is 11.5 Å². The minimum Gasteiger partial charge on any atom is -0.457 e. The minimum atomic E-state index is -0.663. The molecule has 2 aromatic carbocycles. The number of carbonyl (C=O) groups is 3. The first-order valence-corrected chi connectivity index (χ1v) is 8.68. The summed E-state index contributed by atoms with van der Waals surface area (Å²) in [7, 11) is 0. The molecular formula is C20H23N3O4. The molecular weight excluding hydrogens is 346 g/mol. The van der Waals surface area contributed by atoms with Crippen LogP contribution in [0.3, 0.4) is 0 Å². The maximum absolute atomic E-state index is 12.1. The highest BCUT2D eigenvalue weighted by Gasteiger charge is 2.15. The molecule has 0 heterocycles. The monoisotopic (exact) mass is 369 g/mol. The van der Waals surface area contributed by atoms with Gasteiger partial charge in [-0.2, -0.15) is 0 Å². The van der Waals surface area contributed by atoms with E-state index in [1.807, 2.05) is 30.3 Å². The van der Waals surface area contributed by atoms with Crippen molar-refractivity contribution in [3.05, 3.63) is 60.2 Å². The summed E-state index contributed by atoms with van der Waals surface area (Å²) in [6, 6.07) is 15.2. The standard InChI is InChI=1S/C20H23N3O4/c1-3-21-19(25)14(2)23-18(24)13-22-20(26)15-9-11-17(12-10-15)27-16-7-5-4-6-8-16/h4-12,14H,3,13H2,1-2H3,(H,21,25)(H,22,26)(H,23,24)/t14-/m0/s1. The van der Waals surface area contributed by atoms with E-state index in [9.17, 15) is 14.4 Å². The number of amides is 3. The maximum Gasteiger partial charge on any atom is 0.251 e. The van der Waals surface area contributed by atoms with E-state index in [1.54, 1.807) is 38.1 Å². The van der Waals surface area contributed by atoms with Crippen LogP contribution in [0.1, 0.15) is 24.2 Å². The summed E-state index contributed by atoms with van der Waals surface area (Å²) in [5.74, 6) is 0.207. The van der Waals surface area contributed by atoms with Gasteiger partial charge in [-0.1, -0.05) is 18.2 Å². The number of carbonyl (C=O) groups excluding carboxylic acids is 3. The van der Waals surface area contributed by atoms with E-state index >= 15 is 0 Å². The lowest BCUT2D eigenvalue weighted by atomic mass is 10.2. The van der Waals surface area contributed by atoms with Gasteiger partial charge in [-0.3, -0.25) is 14.4 Å². The van der Waals surface area contributed by atoms with Gasteiger partial charge in [0.2, 0.25) is 11.8 Å². The van der Waals surface area contributed by atoms with E-state index < -0.39 is 11.9 Å². The number of benzene rings is 2. The molecule has 0 unspecified atom stereocenters. The Balaban J connectivity index is 1.82. The van der Waals surface area contributed by atoms with Gasteiger partial charge in [-0.25, -0.2) is 0 Å². The molecule has 0 bridgehead atoms. The molecule has 0 aliphatic carbocycles. The first-order valence-electron chi connectivity index (χ1n) is 8.68. The molecule has 142 valence electrons. The van der Waals surface area contributed by atoms with Crippen LogP contribution in [-0.4, -0.2) is 36.9 Å². The third kappa shape index (κ3) is 6.47. The zero-order chi connectivity index (χ0) is 19.6. The zero-order valence-corrected chi connectivity index (χ0v) is 15.3. The van der Waals surface area contributed by atoms with Crippen molar-refractivity contribution in [1.29, 1.82) is 0 Å². The van der Waals surface area contributed by atoms with Crippen LogP contribution in [0.5, 0.6) is 11.5 Å². The largest absolute Gasteiger partial charge is 0.457 e. The van der Waals surface area contributed by atoms with Gasteiger partial charge in [0.25, 0.3) is 5.91 Å². The van der Waals surface area contributed by atoms with Crippen molar-refractivity contribution in [2.75, 3.05) is 13.1 Å². The summed E-state index contributed by atoms with van der Waals surface area (Å²) >= 11 is 0. The van der Waals surface area contributed by atoms with Crippen LogP contribution in [0, 0.1) is 0 Å². The van der Waals surface area contributed by atoms with Crippen LogP contribution in [0.2, 0.25) is 0 Å². The maximum atomic E-state index is 12.1. The molecule has 2 rings (SSSR count). The van der Waals surface area contributed by atoms with Crippen molar-refractivity contribution in [1.82, 2.24) is 16.0 Å². The van der Waals surface area contributed by atoms with Crippen molar-refractivity contribution < 1.29 is 19.1 Å². The van der Waals surface area contributed by atoms with Crippen LogP contribution in [0.15, 0.2) is 54.6 Å². The smallest absolute Gasteiger partial charge is 0.251 e. The van der Waals surface area contributed by atoms with E-state index in [4.69, 9.17) is 4.74 Å². The predicted octanol–water partition coefficient (Wildman–Crippen LogP) is 1.85. The van der Waals surface area contributed by atoms with Crippen molar-refractivity contribution >= 4 is 17.7 Å². The average Bonchev–Trinajstić information content (AvgIpc) is 2.67. The molecule has 0 aliphatic heterocycles. The van der Waals surface area contributed by atoms with Gasteiger partial charge in [0, 0.05) is 12.1 Å². The number of hydrogen-bond acceptors (Lipinski definition) is 4. The van der Waals surface area contributed by atoms with Crippen molar-refractivity contribution in [3.63, 3.8) is 0 Å². The normalized spacial score (nSPS) is 11.2. The highest BCUT2D eigenvalue weighted by atomic mass is 16.5. The van der Waals surface area contributed by atoms with Crippen LogP contribution in [-0.2, 0) is 9.59 Å². The predicted molar refractivity (Wildman–Crippen MR) is 102 cm³/mol. The third-order valence-electron chi connectivity index (χ3n) is 3.63. The summed E-state index contributed by atoms with van der Waals surface area (Å²) < 4.78 is 5.66. The molecule has 0 saturated heterocycles. The second-order valence-electron chi connectivity index (χ2n) is 5.81. The Bertz CT molecular complexity index is 776. The van der Waals surface area contributed by atoms with E-state index in [-0.39, 0.29) is 18.4 Å². The highest BCUT2D eigenvalue weighted by Crippen LogP contribution is 2.21. The van der Waals surface area contributed by atoms with Gasteiger partial charge in [-0.15, -0.1) is 0 Å². The summed E-state index contributed by atoms with van der Waals surface area (Å²) in [6.45, 7) is 3.64. The third-order valence-corrected chi connectivity index (χ3v) is 3.63. The molecule has 1 atom stereocenters. The Morgan fingerprint density at radius 3 is 2.19 bits per heavy atom. The van der Waals surface area contributed by atoms with Gasteiger partial charge in [0.15, 0.2) is 0 Å². The Hall–Kier alpha value is -3.35. The van der Waals surface area contributed by atoms with Crippen molar-refractivity contribution in [2.45, 2.75) is 19.9 Å². The molecule has 27 heavy (non-hydrogen) atoms. The van der Waals surface area contributed by atoms with Crippen LogP contribution in [0.25, 0.3) is 0 Å². The first-order chi connectivity index (χ1) is 13.0. The van der Waals surface area contributed by atoms with E-state index in [2.05, 4.69) is 16.0 Å². The van der Waals surface area contributed by atoms with Gasteiger partial charge in [-0.05, 0) is 50.2 Å². The molecule has 0 radical (unpaired) electrons. The lowest BCUT2D eigenvalue weighted by molar-refractivity contribution is -0.128. The zero-order valence-electron chi connectivity index (χ0n) is 15.3. The van der Waals surface area contributed by atoms with Crippen LogP contribution < -0.4 is 20.7 Å². The average molecular weight is 369 g/mol. The van der Waals surface area contributed by atoms with Crippen LogP contribution in [0.4, 0.5) is 0 Å². The molecule has 0 aromatic heterocycles. The quantitative estimate of drug-likeness (QED) is 0.662. The molecule has 0 aliphatic rings. The first kappa shape index (κ1) is 20.0. The molecule has 3 amide bonds. The Kier molecular flexibility index (Phi) is 7.37. The summed E-state index contributed by atoms with van der Waals surface area (Å²) in [6.07, 6.45) is 0. The number of rotatable bonds is 8. The van der Waals surface area contributed by atoms with Gasteiger partial charge < -0.3 is 20.7 Å². The fraction of sp³-hybridized carbons (Fsp3) is 0.250. The number of likely N-dealkylation sites (N-methyl/N-ethyl adjacent to an activating group) is 1. The SMILES string of the molecule is CCNC(=O)[C@H](C)NC(=O)CNC(=O)c1ccc(Oc2ccccc2)cc1. The molecule has 0 fully saturated rings. The Labute approximate surface area is 158 Å². The molecule has 7 heteroatoms. The second-order valence-corrected chi connectivity index (χ2v) is 5.81. The minimum absolute atomic E-state index is 0.217. The second kappa shape index (κ2) is 9.96.